The van der Waals surface area contributed by atoms with Gasteiger partial charge in [0.05, 0.1) is 5.75 Å². The summed E-state index contributed by atoms with van der Waals surface area (Å²) in [7, 11) is 0. The minimum absolute atomic E-state index is 0.0121. The molecule has 0 aliphatic heterocycles. The van der Waals surface area contributed by atoms with E-state index in [1.165, 1.54) is 11.1 Å². The van der Waals surface area contributed by atoms with E-state index in [4.69, 9.17) is 11.6 Å². The minimum Gasteiger partial charge on any atom is -0.325 e. The second-order valence-electron chi connectivity index (χ2n) is 4.99. The molecule has 4 heteroatoms. The molecular weight excluding hydrogens is 302 g/mol. The van der Waals surface area contributed by atoms with Crippen LogP contribution in [-0.2, 0) is 10.5 Å². The second kappa shape index (κ2) is 7.53. The van der Waals surface area contributed by atoms with Gasteiger partial charge in [-0.1, -0.05) is 41.4 Å². The highest BCUT2D eigenvalue weighted by Gasteiger charge is 2.05. The number of rotatable bonds is 5. The van der Waals surface area contributed by atoms with Gasteiger partial charge in [0, 0.05) is 16.5 Å². The molecule has 0 aliphatic rings. The van der Waals surface area contributed by atoms with E-state index in [1.54, 1.807) is 17.8 Å². The Morgan fingerprint density at radius 2 is 2.00 bits per heavy atom. The fraction of sp³-hybridized carbons (Fsp3) is 0.235. The second-order valence-corrected chi connectivity index (χ2v) is 6.41. The normalized spacial score (nSPS) is 10.4. The number of thioether (sulfide) groups is 1. The summed E-state index contributed by atoms with van der Waals surface area (Å²) in [6.07, 6.45) is 0. The van der Waals surface area contributed by atoms with Gasteiger partial charge in [0.1, 0.15) is 0 Å². The number of aryl methyl sites for hydroxylation is 2. The molecule has 21 heavy (non-hydrogen) atoms. The lowest BCUT2D eigenvalue weighted by atomic mass is 10.2. The van der Waals surface area contributed by atoms with Crippen molar-refractivity contribution >= 4 is 35.0 Å². The maximum Gasteiger partial charge on any atom is 0.234 e. The Morgan fingerprint density at radius 1 is 1.19 bits per heavy atom. The summed E-state index contributed by atoms with van der Waals surface area (Å²) >= 11 is 7.51. The molecule has 2 rings (SSSR count). The van der Waals surface area contributed by atoms with Crippen LogP contribution in [0.1, 0.15) is 16.7 Å². The summed E-state index contributed by atoms with van der Waals surface area (Å²) in [6, 6.07) is 13.8. The average molecular weight is 320 g/mol. The molecular formula is C17H18ClNOS. The topological polar surface area (TPSA) is 29.1 Å². The first kappa shape index (κ1) is 15.9. The molecule has 1 N–H and O–H groups in total. The van der Waals surface area contributed by atoms with Crippen molar-refractivity contribution in [3.63, 3.8) is 0 Å². The van der Waals surface area contributed by atoms with Crippen molar-refractivity contribution in [3.8, 4) is 0 Å². The van der Waals surface area contributed by atoms with E-state index in [0.717, 1.165) is 17.0 Å². The zero-order valence-corrected chi connectivity index (χ0v) is 13.7. The van der Waals surface area contributed by atoms with Crippen molar-refractivity contribution in [1.82, 2.24) is 0 Å². The molecule has 0 saturated heterocycles. The highest BCUT2D eigenvalue weighted by atomic mass is 35.5. The van der Waals surface area contributed by atoms with Gasteiger partial charge in [0.15, 0.2) is 0 Å². The highest BCUT2D eigenvalue weighted by molar-refractivity contribution is 7.99. The SMILES string of the molecule is Cc1cccc(CSCC(=O)Nc2ccc(Cl)cc2C)c1. The van der Waals surface area contributed by atoms with Gasteiger partial charge in [-0.25, -0.2) is 0 Å². The average Bonchev–Trinajstić information content (AvgIpc) is 2.42. The molecule has 0 spiro atoms. The molecule has 0 bridgehead atoms. The third-order valence-electron chi connectivity index (χ3n) is 3.05. The van der Waals surface area contributed by atoms with Crippen molar-refractivity contribution in [3.05, 3.63) is 64.2 Å². The third kappa shape index (κ3) is 5.10. The van der Waals surface area contributed by atoms with Gasteiger partial charge in [0.2, 0.25) is 5.91 Å². The van der Waals surface area contributed by atoms with Gasteiger partial charge >= 0.3 is 0 Å². The van der Waals surface area contributed by atoms with Crippen LogP contribution in [0.2, 0.25) is 5.02 Å². The lowest BCUT2D eigenvalue weighted by Gasteiger charge is -2.08. The number of anilines is 1. The molecule has 2 nitrogen and oxygen atoms in total. The van der Waals surface area contributed by atoms with E-state index in [9.17, 15) is 4.79 Å². The summed E-state index contributed by atoms with van der Waals surface area (Å²) in [5, 5.41) is 3.60. The van der Waals surface area contributed by atoms with Crippen LogP contribution in [0.3, 0.4) is 0 Å². The monoisotopic (exact) mass is 319 g/mol. The van der Waals surface area contributed by atoms with Crippen molar-refractivity contribution in [2.24, 2.45) is 0 Å². The molecule has 0 heterocycles. The number of benzene rings is 2. The van der Waals surface area contributed by atoms with E-state index in [0.29, 0.717) is 10.8 Å². The van der Waals surface area contributed by atoms with E-state index in [1.807, 2.05) is 25.1 Å². The summed E-state index contributed by atoms with van der Waals surface area (Å²) in [5.74, 6) is 1.29. The summed E-state index contributed by atoms with van der Waals surface area (Å²) < 4.78 is 0. The van der Waals surface area contributed by atoms with Crippen LogP contribution in [-0.4, -0.2) is 11.7 Å². The molecule has 110 valence electrons. The molecule has 0 aromatic heterocycles. The van der Waals surface area contributed by atoms with Gasteiger partial charge in [-0.2, -0.15) is 0 Å². The number of hydrogen-bond acceptors (Lipinski definition) is 2. The van der Waals surface area contributed by atoms with Crippen molar-refractivity contribution in [1.29, 1.82) is 0 Å². The molecule has 0 radical (unpaired) electrons. The van der Waals surface area contributed by atoms with Gasteiger partial charge in [-0.3, -0.25) is 4.79 Å². The van der Waals surface area contributed by atoms with E-state index >= 15 is 0 Å². The first-order chi connectivity index (χ1) is 10.0. The van der Waals surface area contributed by atoms with E-state index < -0.39 is 0 Å². The quantitative estimate of drug-likeness (QED) is 0.855. The number of carbonyl (C=O) groups is 1. The number of hydrogen-bond donors (Lipinski definition) is 1. The Kier molecular flexibility index (Phi) is 5.71. The molecule has 0 unspecified atom stereocenters. The number of amides is 1. The molecule has 1 amide bonds. The van der Waals surface area contributed by atoms with Crippen LogP contribution < -0.4 is 5.32 Å². The molecule has 0 atom stereocenters. The van der Waals surface area contributed by atoms with Crippen LogP contribution in [0.15, 0.2) is 42.5 Å². The van der Waals surface area contributed by atoms with E-state index in [-0.39, 0.29) is 5.91 Å². The highest BCUT2D eigenvalue weighted by Crippen LogP contribution is 2.20. The Balaban J connectivity index is 1.82. The summed E-state index contributed by atoms with van der Waals surface area (Å²) in [4.78, 5) is 11.9. The maximum atomic E-state index is 11.9. The number of nitrogens with one attached hydrogen (secondary N) is 1. The lowest BCUT2D eigenvalue weighted by Crippen LogP contribution is -2.14. The number of carbonyl (C=O) groups excluding carboxylic acids is 1. The van der Waals surface area contributed by atoms with Crippen molar-refractivity contribution < 1.29 is 4.79 Å². The van der Waals surface area contributed by atoms with Crippen LogP contribution in [0.5, 0.6) is 0 Å². The number of halogens is 1. The van der Waals surface area contributed by atoms with Gasteiger partial charge in [-0.15, -0.1) is 11.8 Å². The standard InChI is InChI=1S/C17H18ClNOS/c1-12-4-3-5-14(8-12)10-21-11-17(20)19-16-7-6-15(18)9-13(16)2/h3-9H,10-11H2,1-2H3,(H,19,20). The minimum atomic E-state index is 0.0121. The van der Waals surface area contributed by atoms with Crippen molar-refractivity contribution in [2.45, 2.75) is 19.6 Å². The zero-order valence-electron chi connectivity index (χ0n) is 12.2. The Labute approximate surface area is 134 Å². The first-order valence-corrected chi connectivity index (χ1v) is 8.27. The van der Waals surface area contributed by atoms with Crippen LogP contribution >= 0.6 is 23.4 Å². The van der Waals surface area contributed by atoms with Gasteiger partial charge in [-0.05, 0) is 43.2 Å². The zero-order chi connectivity index (χ0) is 15.2. The van der Waals surface area contributed by atoms with Crippen LogP contribution in [0.4, 0.5) is 5.69 Å². The molecule has 0 fully saturated rings. The fourth-order valence-corrected chi connectivity index (χ4v) is 3.02. The Bertz CT molecular complexity index is 642. The van der Waals surface area contributed by atoms with Crippen LogP contribution in [0.25, 0.3) is 0 Å². The van der Waals surface area contributed by atoms with Crippen LogP contribution in [0, 0.1) is 13.8 Å². The Morgan fingerprint density at radius 3 is 2.71 bits per heavy atom. The molecule has 2 aromatic carbocycles. The molecule has 0 aliphatic carbocycles. The van der Waals surface area contributed by atoms with E-state index in [2.05, 4.69) is 30.4 Å². The lowest BCUT2D eigenvalue weighted by molar-refractivity contribution is -0.113. The van der Waals surface area contributed by atoms with Gasteiger partial charge < -0.3 is 5.32 Å². The molecule has 2 aromatic rings. The smallest absolute Gasteiger partial charge is 0.234 e. The third-order valence-corrected chi connectivity index (χ3v) is 4.29. The van der Waals surface area contributed by atoms with Crippen molar-refractivity contribution in [2.75, 3.05) is 11.1 Å². The maximum absolute atomic E-state index is 11.9. The summed E-state index contributed by atoms with van der Waals surface area (Å²) in [5.41, 5.74) is 4.28. The largest absolute Gasteiger partial charge is 0.325 e. The first-order valence-electron chi connectivity index (χ1n) is 6.74. The summed E-state index contributed by atoms with van der Waals surface area (Å²) in [6.45, 7) is 4.01. The Hall–Kier alpha value is -1.45. The fourth-order valence-electron chi connectivity index (χ4n) is 2.02. The van der Waals surface area contributed by atoms with Gasteiger partial charge in [0.25, 0.3) is 0 Å². The predicted molar refractivity (Wildman–Crippen MR) is 92.2 cm³/mol. The predicted octanol–water partition coefficient (Wildman–Crippen LogP) is 4.83. The molecule has 0 saturated carbocycles.